The molecule has 0 aliphatic carbocycles. The molecule has 3 aromatic rings. The Bertz CT molecular complexity index is 758. The smallest absolute Gasteiger partial charge is 0.161 e. The number of hydrogen-bond acceptors (Lipinski definition) is 6. The van der Waals surface area contributed by atoms with E-state index in [0.29, 0.717) is 6.61 Å². The Morgan fingerprint density at radius 1 is 1.16 bits per heavy atom. The Morgan fingerprint density at radius 3 is 2.76 bits per heavy atom. The summed E-state index contributed by atoms with van der Waals surface area (Å²) in [5.74, 6) is 1.55. The highest BCUT2D eigenvalue weighted by Crippen LogP contribution is 2.29. The van der Waals surface area contributed by atoms with Gasteiger partial charge in [-0.2, -0.15) is 11.3 Å². The largest absolute Gasteiger partial charge is 0.493 e. The van der Waals surface area contributed by atoms with E-state index in [2.05, 4.69) is 33.2 Å². The van der Waals surface area contributed by atoms with Gasteiger partial charge >= 0.3 is 0 Å². The number of rotatable bonds is 9. The lowest BCUT2D eigenvalue weighted by molar-refractivity contribution is 0.310. The number of hydrogen-bond donors (Lipinski definition) is 1. The van der Waals surface area contributed by atoms with Gasteiger partial charge in [-0.05, 0) is 53.4 Å². The summed E-state index contributed by atoms with van der Waals surface area (Å²) in [7, 11) is 1.67. The van der Waals surface area contributed by atoms with E-state index in [1.54, 1.807) is 29.8 Å². The maximum absolute atomic E-state index is 5.58. The molecule has 0 fully saturated rings. The molecule has 0 aliphatic heterocycles. The van der Waals surface area contributed by atoms with E-state index < -0.39 is 0 Å². The van der Waals surface area contributed by atoms with Crippen LogP contribution in [-0.4, -0.2) is 18.7 Å². The average molecular weight is 375 g/mol. The molecule has 1 unspecified atom stereocenters. The van der Waals surface area contributed by atoms with Gasteiger partial charge in [-0.15, -0.1) is 11.3 Å². The zero-order valence-electron chi connectivity index (χ0n) is 14.4. The van der Waals surface area contributed by atoms with Crippen molar-refractivity contribution >= 4 is 22.7 Å². The van der Waals surface area contributed by atoms with Crippen molar-refractivity contribution in [1.82, 2.24) is 10.3 Å². The molecule has 0 saturated heterocycles. The van der Waals surface area contributed by atoms with Crippen LogP contribution in [0.2, 0.25) is 0 Å². The van der Waals surface area contributed by atoms with Crippen LogP contribution in [0.15, 0.2) is 46.6 Å². The summed E-state index contributed by atoms with van der Waals surface area (Å²) in [6, 6.07) is 8.45. The molecule has 132 valence electrons. The number of nitrogens with zero attached hydrogens (tertiary/aromatic N) is 1. The van der Waals surface area contributed by atoms with Crippen molar-refractivity contribution in [2.24, 2.45) is 0 Å². The second-order valence-electron chi connectivity index (χ2n) is 5.56. The quantitative estimate of drug-likeness (QED) is 0.590. The lowest BCUT2D eigenvalue weighted by Crippen LogP contribution is -2.22. The minimum absolute atomic E-state index is 0.201. The molecule has 1 N–H and O–H groups in total. The molecule has 6 heteroatoms. The first-order chi connectivity index (χ1) is 12.3. The van der Waals surface area contributed by atoms with E-state index in [9.17, 15) is 0 Å². The van der Waals surface area contributed by atoms with Crippen molar-refractivity contribution in [3.8, 4) is 11.5 Å². The lowest BCUT2D eigenvalue weighted by Gasteiger charge is -2.17. The highest BCUT2D eigenvalue weighted by Gasteiger charge is 2.15. The van der Waals surface area contributed by atoms with Crippen molar-refractivity contribution < 1.29 is 9.47 Å². The van der Waals surface area contributed by atoms with Crippen LogP contribution in [0.1, 0.15) is 29.1 Å². The van der Waals surface area contributed by atoms with Crippen LogP contribution in [0.5, 0.6) is 11.5 Å². The number of thiophene rings is 1. The highest BCUT2D eigenvalue weighted by molar-refractivity contribution is 7.09. The van der Waals surface area contributed by atoms with E-state index in [1.165, 1.54) is 5.56 Å². The molecule has 1 atom stereocenters. The molecule has 2 heterocycles. The summed E-state index contributed by atoms with van der Waals surface area (Å²) in [6.07, 6.45) is 2.80. The fourth-order valence-corrected chi connectivity index (χ4v) is 4.03. The first-order valence-electron chi connectivity index (χ1n) is 8.23. The van der Waals surface area contributed by atoms with Gasteiger partial charge in [-0.3, -0.25) is 0 Å². The van der Waals surface area contributed by atoms with Crippen molar-refractivity contribution in [2.45, 2.75) is 25.9 Å². The first-order valence-corrected chi connectivity index (χ1v) is 10.1. The molecule has 0 saturated carbocycles. The van der Waals surface area contributed by atoms with Crippen LogP contribution in [-0.2, 0) is 13.0 Å². The molecule has 0 amide bonds. The highest BCUT2D eigenvalue weighted by atomic mass is 32.1. The van der Waals surface area contributed by atoms with Gasteiger partial charge < -0.3 is 14.8 Å². The zero-order chi connectivity index (χ0) is 17.5. The Kier molecular flexibility index (Phi) is 6.44. The topological polar surface area (TPSA) is 43.4 Å². The van der Waals surface area contributed by atoms with Gasteiger partial charge in [-0.25, -0.2) is 4.98 Å². The van der Waals surface area contributed by atoms with Crippen LogP contribution in [0.4, 0.5) is 0 Å². The van der Waals surface area contributed by atoms with Crippen LogP contribution < -0.4 is 14.8 Å². The predicted octanol–water partition coefficient (Wildman–Crippen LogP) is 4.69. The first kappa shape index (κ1) is 17.9. The third-order valence-electron chi connectivity index (χ3n) is 3.85. The Balaban J connectivity index is 1.70. The SMILES string of the molecule is CCOc1ccc(CNC(Cc2ccsc2)c2nccs2)cc1OC. The standard InChI is InChI=1S/C19H22N2O2S2/c1-3-23-17-5-4-14(11-18(17)22-2)12-21-16(19-20-7-9-25-19)10-15-6-8-24-13-15/h4-9,11,13,16,21H,3,10,12H2,1-2H3. The normalized spacial score (nSPS) is 12.1. The molecule has 0 bridgehead atoms. The van der Waals surface area contributed by atoms with Crippen LogP contribution in [0.25, 0.3) is 0 Å². The van der Waals surface area contributed by atoms with E-state index in [-0.39, 0.29) is 6.04 Å². The molecular formula is C19H22N2O2S2. The summed E-state index contributed by atoms with van der Waals surface area (Å²) in [4.78, 5) is 4.50. The number of benzene rings is 1. The molecule has 25 heavy (non-hydrogen) atoms. The summed E-state index contributed by atoms with van der Waals surface area (Å²) in [5.41, 5.74) is 2.49. The maximum Gasteiger partial charge on any atom is 0.161 e. The molecule has 4 nitrogen and oxygen atoms in total. The average Bonchev–Trinajstić information content (AvgIpc) is 3.33. The minimum atomic E-state index is 0.201. The molecule has 0 aliphatic rings. The van der Waals surface area contributed by atoms with Gasteiger partial charge in [-0.1, -0.05) is 6.07 Å². The Morgan fingerprint density at radius 2 is 2.08 bits per heavy atom. The van der Waals surface area contributed by atoms with Gasteiger partial charge in [0.1, 0.15) is 5.01 Å². The van der Waals surface area contributed by atoms with Gasteiger partial charge in [0.15, 0.2) is 11.5 Å². The van der Waals surface area contributed by atoms with Crippen molar-refractivity contribution in [3.63, 3.8) is 0 Å². The van der Waals surface area contributed by atoms with E-state index in [1.807, 2.05) is 30.6 Å². The van der Waals surface area contributed by atoms with E-state index in [0.717, 1.165) is 35.0 Å². The molecule has 0 radical (unpaired) electrons. The third kappa shape index (κ3) is 4.81. The van der Waals surface area contributed by atoms with Gasteiger partial charge in [0.05, 0.1) is 19.8 Å². The van der Waals surface area contributed by atoms with Gasteiger partial charge in [0, 0.05) is 18.1 Å². The second-order valence-corrected chi connectivity index (χ2v) is 7.26. The summed E-state index contributed by atoms with van der Waals surface area (Å²) < 4.78 is 11.0. The number of thiazole rings is 1. The van der Waals surface area contributed by atoms with Crippen molar-refractivity contribution in [3.05, 3.63) is 62.7 Å². The fraction of sp³-hybridized carbons (Fsp3) is 0.316. The van der Waals surface area contributed by atoms with Crippen molar-refractivity contribution in [1.29, 1.82) is 0 Å². The molecular weight excluding hydrogens is 352 g/mol. The number of aromatic nitrogens is 1. The number of ether oxygens (including phenoxy) is 2. The molecule has 1 aromatic carbocycles. The molecule has 3 rings (SSSR count). The minimum Gasteiger partial charge on any atom is -0.493 e. The van der Waals surface area contributed by atoms with E-state index in [4.69, 9.17) is 9.47 Å². The van der Waals surface area contributed by atoms with E-state index >= 15 is 0 Å². The van der Waals surface area contributed by atoms with Crippen LogP contribution in [0, 0.1) is 0 Å². The predicted molar refractivity (Wildman–Crippen MR) is 104 cm³/mol. The number of nitrogens with one attached hydrogen (secondary N) is 1. The number of methoxy groups -OCH3 is 1. The summed E-state index contributed by atoms with van der Waals surface area (Å²) in [5, 5.41) is 11.1. The Labute approximate surface area is 156 Å². The van der Waals surface area contributed by atoms with Gasteiger partial charge in [0.2, 0.25) is 0 Å². The fourth-order valence-electron chi connectivity index (χ4n) is 2.64. The Hall–Kier alpha value is -1.89. The van der Waals surface area contributed by atoms with Crippen LogP contribution in [0.3, 0.4) is 0 Å². The summed E-state index contributed by atoms with van der Waals surface area (Å²) >= 11 is 3.42. The molecule has 0 spiro atoms. The lowest BCUT2D eigenvalue weighted by atomic mass is 10.1. The zero-order valence-corrected chi connectivity index (χ0v) is 16.0. The third-order valence-corrected chi connectivity index (χ3v) is 5.47. The second kappa shape index (κ2) is 8.99. The monoisotopic (exact) mass is 374 g/mol. The van der Waals surface area contributed by atoms with Gasteiger partial charge in [0.25, 0.3) is 0 Å². The van der Waals surface area contributed by atoms with Crippen molar-refractivity contribution in [2.75, 3.05) is 13.7 Å². The maximum atomic E-state index is 5.58. The summed E-state index contributed by atoms with van der Waals surface area (Å²) in [6.45, 7) is 3.34. The van der Waals surface area contributed by atoms with Crippen LogP contribution >= 0.6 is 22.7 Å². The molecule has 2 aromatic heterocycles.